The van der Waals surface area contributed by atoms with Crippen molar-refractivity contribution in [1.29, 1.82) is 0 Å². The minimum Gasteiger partial charge on any atom is -0.724 e. The van der Waals surface area contributed by atoms with Crippen LogP contribution in [0.1, 0.15) is 0 Å². The summed E-state index contributed by atoms with van der Waals surface area (Å²) >= 11 is 0. The van der Waals surface area contributed by atoms with Gasteiger partial charge in [-0.1, -0.05) is 0 Å². The summed E-state index contributed by atoms with van der Waals surface area (Å²) in [5.74, 6) is 0. The van der Waals surface area contributed by atoms with E-state index in [1.54, 1.807) is 0 Å². The van der Waals surface area contributed by atoms with E-state index in [4.69, 9.17) is 0 Å². The molecule has 0 N–H and O–H groups in total. The average molecular weight is 680 g/mol. The molecule has 0 aliphatic heterocycles. The smallest absolute Gasteiger partial charge is 0.724 e. The van der Waals surface area contributed by atoms with Gasteiger partial charge >= 0.3 is 34.7 Å². The van der Waals surface area contributed by atoms with Gasteiger partial charge in [-0.05, 0) is 0 Å². The van der Waals surface area contributed by atoms with E-state index in [-0.39, 0.29) is 34.7 Å². The summed E-state index contributed by atoms with van der Waals surface area (Å²) in [6.45, 7) is 0. The van der Waals surface area contributed by atoms with Crippen LogP contribution in [0.5, 0.6) is 0 Å². The number of hydrogen-bond donors (Lipinski definition) is 0. The predicted molar refractivity (Wildman–Crippen MR) is 64.7 cm³/mol. The molecule has 0 fully saturated rings. The molecule has 24 nitrogen and oxygen atoms in total. The SMILES string of the molecule is O=S(=O)([O-])OOS(=O)(=O)[O-].O=S(=O)([O-])OOS(=O)(=O)[O-].O=S(=O)([O-])OOS(=O)(=O)[O-].[Cr+3].[Cr+3]. The van der Waals surface area contributed by atoms with Gasteiger partial charge in [0, 0.05) is 0 Å². The third kappa shape index (κ3) is 57.3. The zero-order chi connectivity index (χ0) is 25.2. The van der Waals surface area contributed by atoms with Crippen molar-refractivity contribution in [3.63, 3.8) is 0 Å². The van der Waals surface area contributed by atoms with Crippen molar-refractivity contribution in [2.24, 2.45) is 0 Å². The molecule has 0 aromatic rings. The minimum atomic E-state index is -5.31. The van der Waals surface area contributed by atoms with Crippen molar-refractivity contribution in [1.82, 2.24) is 0 Å². The normalized spacial score (nSPS) is 12.6. The Morgan fingerprint density at radius 1 is 0.281 bits per heavy atom. The van der Waals surface area contributed by atoms with E-state index < -0.39 is 62.4 Å². The first kappa shape index (κ1) is 42.4. The third-order valence-electron chi connectivity index (χ3n) is 0.583. The fourth-order valence-electron chi connectivity index (χ4n) is 0.204. The first-order chi connectivity index (χ1) is 12.6. The summed E-state index contributed by atoms with van der Waals surface area (Å²) in [5, 5.41) is 0. The summed E-state index contributed by atoms with van der Waals surface area (Å²) in [6.07, 6.45) is 0. The molecule has 0 saturated heterocycles. The van der Waals surface area contributed by atoms with Crippen molar-refractivity contribution in [3.05, 3.63) is 0 Å². The van der Waals surface area contributed by atoms with Crippen LogP contribution in [0.4, 0.5) is 0 Å². The standard InChI is InChI=1S/2Cr.3H2O8S2/c;;3*1-9(2,3)7-8-10(4,5)6/h;;3*(H,1,2,3)(H,4,5,6)/q2*+3;;;/p-6. The molecule has 0 aromatic carbocycles. The van der Waals surface area contributed by atoms with E-state index in [9.17, 15) is 77.8 Å². The maximum absolute atomic E-state index is 9.37. The van der Waals surface area contributed by atoms with Gasteiger partial charge < -0.3 is 27.3 Å². The van der Waals surface area contributed by atoms with Crippen LogP contribution in [0.3, 0.4) is 0 Å². The maximum Gasteiger partial charge on any atom is 3.00 e. The zero-order valence-electron chi connectivity index (χ0n) is 13.1. The van der Waals surface area contributed by atoms with Crippen molar-refractivity contribution in [2.75, 3.05) is 0 Å². The van der Waals surface area contributed by atoms with Gasteiger partial charge in [-0.25, -0.2) is 50.5 Å². The Labute approximate surface area is 200 Å². The Morgan fingerprint density at radius 3 is 0.375 bits per heavy atom. The van der Waals surface area contributed by atoms with E-state index in [0.29, 0.717) is 0 Å². The van der Waals surface area contributed by atoms with Crippen LogP contribution in [0.2, 0.25) is 0 Å². The summed E-state index contributed by atoms with van der Waals surface area (Å²) in [5.41, 5.74) is 0. The molecule has 32 heavy (non-hydrogen) atoms. The Balaban J connectivity index is -0.000000110. The van der Waals surface area contributed by atoms with Gasteiger partial charge in [0.15, 0.2) is 0 Å². The van der Waals surface area contributed by atoms with Crippen LogP contribution >= 0.6 is 0 Å². The first-order valence-corrected chi connectivity index (χ1v) is 12.5. The van der Waals surface area contributed by atoms with Gasteiger partial charge in [0.05, 0.1) is 0 Å². The Kier molecular flexibility index (Phi) is 21.3. The third-order valence-corrected chi connectivity index (χ3v) is 2.25. The molecule has 0 unspecified atom stereocenters. The van der Waals surface area contributed by atoms with Gasteiger partial charge in [-0.15, -0.1) is 26.0 Å². The van der Waals surface area contributed by atoms with Crippen LogP contribution in [-0.4, -0.2) is 77.8 Å². The molecule has 0 rings (SSSR count). The quantitative estimate of drug-likeness (QED) is 0.0945. The van der Waals surface area contributed by atoms with Crippen LogP contribution in [-0.2, 0) is 123 Å². The fourth-order valence-corrected chi connectivity index (χ4v) is 1.84. The molecule has 0 aromatic heterocycles. The average Bonchev–Trinajstić information content (AvgIpc) is 2.38. The molecule has 32 heteroatoms. The second-order valence-electron chi connectivity index (χ2n) is 2.86. The van der Waals surface area contributed by atoms with Crippen molar-refractivity contribution in [2.45, 2.75) is 0 Å². The number of rotatable bonds is 9. The fraction of sp³-hybridized carbons (Fsp3) is 0. The largest absolute Gasteiger partial charge is 3.00 e. The zero-order valence-corrected chi connectivity index (χ0v) is 20.5. The Morgan fingerprint density at radius 2 is 0.344 bits per heavy atom. The van der Waals surface area contributed by atoms with E-state index in [1.807, 2.05) is 0 Å². The molecule has 0 atom stereocenters. The van der Waals surface area contributed by atoms with Gasteiger partial charge in [0.2, 0.25) is 62.4 Å². The molecular weight excluding hydrogens is 680 g/mol. The molecule has 0 heterocycles. The van der Waals surface area contributed by atoms with Crippen LogP contribution in [0, 0.1) is 0 Å². The predicted octanol–water partition coefficient (Wildman–Crippen LogP) is -6.44. The maximum atomic E-state index is 9.37. The molecule has 0 bridgehead atoms. The van der Waals surface area contributed by atoms with Crippen molar-refractivity contribution in [3.8, 4) is 0 Å². The molecule has 0 amide bonds. The second-order valence-corrected chi connectivity index (χ2v) is 8.57. The van der Waals surface area contributed by atoms with E-state index in [0.717, 1.165) is 0 Å². The van der Waals surface area contributed by atoms with E-state index in [1.165, 1.54) is 0 Å². The van der Waals surface area contributed by atoms with Crippen molar-refractivity contribution >= 4 is 62.4 Å². The molecule has 192 valence electrons. The van der Waals surface area contributed by atoms with E-state index in [2.05, 4.69) is 26.0 Å². The summed E-state index contributed by atoms with van der Waals surface area (Å²) < 4.78 is 184. The summed E-state index contributed by atoms with van der Waals surface area (Å²) in [4.78, 5) is 0. The Hall–Kier alpha value is 0.285. The monoisotopic (exact) mass is 680 g/mol. The molecular formula is Cr2O24S6. The summed E-state index contributed by atoms with van der Waals surface area (Å²) in [6, 6.07) is 0. The number of hydrogen-bond acceptors (Lipinski definition) is 24. The first-order valence-electron chi connectivity index (χ1n) is 4.50. The van der Waals surface area contributed by atoms with Crippen LogP contribution in [0.15, 0.2) is 0 Å². The van der Waals surface area contributed by atoms with Gasteiger partial charge in [0.25, 0.3) is 0 Å². The molecule has 0 saturated carbocycles. The molecule has 0 spiro atoms. The van der Waals surface area contributed by atoms with Gasteiger partial charge in [-0.3, -0.25) is 0 Å². The van der Waals surface area contributed by atoms with Gasteiger partial charge in [-0.2, -0.15) is 0 Å². The Bertz CT molecular complexity index is 893. The topological polar surface area (TPSA) is 399 Å². The van der Waals surface area contributed by atoms with Crippen LogP contribution in [0.25, 0.3) is 0 Å². The minimum absolute atomic E-state index is 0. The molecule has 0 aliphatic carbocycles. The van der Waals surface area contributed by atoms with Gasteiger partial charge in [0.1, 0.15) is 0 Å². The van der Waals surface area contributed by atoms with Crippen molar-refractivity contribution < 1.29 is 139 Å². The summed E-state index contributed by atoms with van der Waals surface area (Å²) in [7, 11) is -31.9. The molecule has 0 aliphatic rings. The van der Waals surface area contributed by atoms with E-state index >= 15 is 0 Å². The van der Waals surface area contributed by atoms with Crippen LogP contribution < -0.4 is 0 Å². The second kappa shape index (κ2) is 16.0. The molecule has 2 radical (unpaired) electrons.